The van der Waals surface area contributed by atoms with Crippen molar-refractivity contribution in [2.75, 3.05) is 0 Å². The summed E-state index contributed by atoms with van der Waals surface area (Å²) in [4.78, 5) is 0.324. The summed E-state index contributed by atoms with van der Waals surface area (Å²) in [5.41, 5.74) is 1.04. The summed E-state index contributed by atoms with van der Waals surface area (Å²) in [7, 11) is -3.45. The summed E-state index contributed by atoms with van der Waals surface area (Å²) >= 11 is 0. The molecule has 102 valence electrons. The Kier molecular flexibility index (Phi) is 3.71. The van der Waals surface area contributed by atoms with Crippen molar-refractivity contribution in [3.8, 4) is 12.3 Å². The molecule has 1 aromatic carbocycles. The molecule has 0 radical (unpaired) electrons. The van der Waals surface area contributed by atoms with E-state index >= 15 is 0 Å². The summed E-state index contributed by atoms with van der Waals surface area (Å²) in [6.07, 6.45) is 6.24. The van der Waals surface area contributed by atoms with E-state index < -0.39 is 10.0 Å². The van der Waals surface area contributed by atoms with Gasteiger partial charge in [0, 0.05) is 0 Å². The molecule has 1 aliphatic heterocycles. The fourth-order valence-corrected chi connectivity index (χ4v) is 4.04. The van der Waals surface area contributed by atoms with Crippen LogP contribution in [0.3, 0.4) is 0 Å². The highest BCUT2D eigenvalue weighted by molar-refractivity contribution is 7.89. The summed E-state index contributed by atoms with van der Waals surface area (Å²) < 4.78 is 26.5. The lowest BCUT2D eigenvalue weighted by atomic mass is 10.1. The van der Waals surface area contributed by atoms with Crippen molar-refractivity contribution in [1.29, 1.82) is 0 Å². The first-order valence-electron chi connectivity index (χ1n) is 6.44. The number of hydrogen-bond acceptors (Lipinski definition) is 2. The second-order valence-corrected chi connectivity index (χ2v) is 7.30. The number of rotatable bonds is 4. The first-order chi connectivity index (χ1) is 8.87. The molecule has 0 N–H and O–H groups in total. The lowest BCUT2D eigenvalue weighted by Crippen LogP contribution is -2.16. The molecule has 3 atom stereocenters. The number of aryl methyl sites for hydroxylation is 1. The number of benzene rings is 1. The van der Waals surface area contributed by atoms with Crippen molar-refractivity contribution < 1.29 is 8.42 Å². The van der Waals surface area contributed by atoms with Gasteiger partial charge in [-0.25, -0.2) is 8.42 Å². The zero-order valence-electron chi connectivity index (χ0n) is 11.5. The minimum absolute atomic E-state index is 0.0451. The molecule has 0 bridgehead atoms. The van der Waals surface area contributed by atoms with Crippen LogP contribution in [0.15, 0.2) is 29.2 Å². The van der Waals surface area contributed by atoms with Crippen LogP contribution >= 0.6 is 0 Å². The molecule has 0 amide bonds. The molecule has 1 saturated heterocycles. The Morgan fingerprint density at radius 3 is 2.37 bits per heavy atom. The monoisotopic (exact) mass is 277 g/mol. The minimum Gasteiger partial charge on any atom is -0.207 e. The Morgan fingerprint density at radius 2 is 1.89 bits per heavy atom. The van der Waals surface area contributed by atoms with Gasteiger partial charge in [0.05, 0.1) is 10.9 Å². The van der Waals surface area contributed by atoms with Crippen LogP contribution in [-0.2, 0) is 10.0 Å². The van der Waals surface area contributed by atoms with Crippen molar-refractivity contribution in [3.05, 3.63) is 29.8 Å². The molecule has 1 heterocycles. The van der Waals surface area contributed by atoms with E-state index in [0.717, 1.165) is 12.0 Å². The molecular weight excluding hydrogens is 258 g/mol. The van der Waals surface area contributed by atoms with Crippen molar-refractivity contribution >= 4 is 10.0 Å². The highest BCUT2D eigenvalue weighted by Crippen LogP contribution is 2.39. The van der Waals surface area contributed by atoms with E-state index in [1.165, 1.54) is 4.31 Å². The highest BCUT2D eigenvalue weighted by atomic mass is 32.2. The van der Waals surface area contributed by atoms with E-state index in [1.807, 2.05) is 6.92 Å². The quantitative estimate of drug-likeness (QED) is 0.626. The van der Waals surface area contributed by atoms with Crippen molar-refractivity contribution in [2.24, 2.45) is 5.92 Å². The van der Waals surface area contributed by atoms with E-state index in [9.17, 15) is 8.42 Å². The topological polar surface area (TPSA) is 37.1 Å². The van der Waals surface area contributed by atoms with Gasteiger partial charge in [-0.1, -0.05) is 37.5 Å². The third kappa shape index (κ3) is 2.68. The molecule has 3 nitrogen and oxygen atoms in total. The number of nitrogens with zero attached hydrogens (tertiary/aromatic N) is 1. The average molecular weight is 277 g/mol. The largest absolute Gasteiger partial charge is 0.244 e. The maximum atomic E-state index is 12.5. The van der Waals surface area contributed by atoms with Gasteiger partial charge in [0.25, 0.3) is 0 Å². The Hall–Kier alpha value is -1.31. The molecular formula is C15H19NO2S. The normalized spacial score (nSPS) is 26.2. The van der Waals surface area contributed by atoms with Gasteiger partial charge in [0.2, 0.25) is 10.0 Å². The Morgan fingerprint density at radius 1 is 1.32 bits per heavy atom. The van der Waals surface area contributed by atoms with Crippen LogP contribution in [0.25, 0.3) is 0 Å². The van der Waals surface area contributed by atoms with Gasteiger partial charge in [-0.05, 0) is 31.4 Å². The van der Waals surface area contributed by atoms with E-state index in [0.29, 0.717) is 10.8 Å². The van der Waals surface area contributed by atoms with Crippen LogP contribution in [0.5, 0.6) is 0 Å². The van der Waals surface area contributed by atoms with Crippen molar-refractivity contribution in [2.45, 2.75) is 44.2 Å². The molecule has 1 fully saturated rings. The molecule has 1 aliphatic rings. The summed E-state index contributed by atoms with van der Waals surface area (Å²) in [5, 5.41) is 0. The second-order valence-electron chi connectivity index (χ2n) is 5.46. The van der Waals surface area contributed by atoms with E-state index in [1.54, 1.807) is 24.3 Å². The first kappa shape index (κ1) is 14.1. The van der Waals surface area contributed by atoms with Gasteiger partial charge in [0.1, 0.15) is 6.04 Å². The fraction of sp³-hybridized carbons (Fsp3) is 0.467. The van der Waals surface area contributed by atoms with Gasteiger partial charge < -0.3 is 0 Å². The molecule has 0 aliphatic carbocycles. The average Bonchev–Trinajstić information content (AvgIpc) is 3.02. The Balaban J connectivity index is 2.26. The zero-order valence-corrected chi connectivity index (χ0v) is 12.3. The maximum absolute atomic E-state index is 12.5. The fourth-order valence-electron chi connectivity index (χ4n) is 2.32. The summed E-state index contributed by atoms with van der Waals surface area (Å²) in [5.74, 6) is 3.01. The van der Waals surface area contributed by atoms with Gasteiger partial charge in [-0.3, -0.25) is 0 Å². The molecule has 0 saturated carbocycles. The first-order valence-corrected chi connectivity index (χ1v) is 7.88. The maximum Gasteiger partial charge on any atom is 0.244 e. The predicted octanol–water partition coefficient (Wildman–Crippen LogP) is 2.42. The number of sulfonamides is 1. The van der Waals surface area contributed by atoms with E-state index in [2.05, 4.69) is 19.8 Å². The Bertz CT molecular complexity index is 596. The third-order valence-corrected chi connectivity index (χ3v) is 5.28. The van der Waals surface area contributed by atoms with Crippen LogP contribution in [0, 0.1) is 25.2 Å². The van der Waals surface area contributed by atoms with Crippen LogP contribution in [-0.4, -0.2) is 24.8 Å². The molecule has 2 rings (SSSR count). The molecule has 4 heteroatoms. The number of hydrogen-bond donors (Lipinski definition) is 0. The van der Waals surface area contributed by atoms with Gasteiger partial charge in [-0.2, -0.15) is 4.31 Å². The summed E-state index contributed by atoms with van der Waals surface area (Å²) in [6, 6.07) is 6.56. The number of terminal acetylenes is 1. The predicted molar refractivity (Wildman–Crippen MR) is 76.1 cm³/mol. The van der Waals surface area contributed by atoms with Crippen LogP contribution < -0.4 is 0 Å². The van der Waals surface area contributed by atoms with Crippen molar-refractivity contribution in [3.63, 3.8) is 0 Å². The minimum atomic E-state index is -3.45. The second kappa shape index (κ2) is 4.99. The van der Waals surface area contributed by atoms with E-state index in [-0.39, 0.29) is 12.1 Å². The van der Waals surface area contributed by atoms with Gasteiger partial charge in [0.15, 0.2) is 0 Å². The lowest BCUT2D eigenvalue weighted by molar-refractivity contribution is 0.515. The van der Waals surface area contributed by atoms with Gasteiger partial charge >= 0.3 is 0 Å². The Labute approximate surface area is 115 Å². The molecule has 19 heavy (non-hydrogen) atoms. The van der Waals surface area contributed by atoms with Crippen LogP contribution in [0.4, 0.5) is 0 Å². The van der Waals surface area contributed by atoms with E-state index in [4.69, 9.17) is 6.42 Å². The lowest BCUT2D eigenvalue weighted by Gasteiger charge is -2.07. The van der Waals surface area contributed by atoms with Crippen LogP contribution in [0.2, 0.25) is 0 Å². The van der Waals surface area contributed by atoms with Gasteiger partial charge in [-0.15, -0.1) is 6.42 Å². The SMILES string of the molecule is C#C[C@@H]1[C@@H](CC(C)C)N1S(=O)(=O)c1ccc(C)cc1. The third-order valence-electron chi connectivity index (χ3n) is 3.36. The molecule has 0 aromatic heterocycles. The molecule has 1 aromatic rings. The molecule has 0 spiro atoms. The smallest absolute Gasteiger partial charge is 0.207 e. The highest BCUT2D eigenvalue weighted by Gasteiger charge is 2.54. The van der Waals surface area contributed by atoms with Crippen molar-refractivity contribution in [1.82, 2.24) is 4.31 Å². The van der Waals surface area contributed by atoms with Crippen LogP contribution in [0.1, 0.15) is 25.8 Å². The standard InChI is InChI=1S/C15H19NO2S/c1-5-14-15(10-11(2)3)16(14)19(17,18)13-8-6-12(4)7-9-13/h1,6-9,11,14-15H,10H2,2-4H3/t14-,15-,16?/m1/s1. The zero-order chi connectivity index (χ0) is 14.2. The summed E-state index contributed by atoms with van der Waals surface area (Å²) in [6.45, 7) is 6.07. The molecule has 1 unspecified atom stereocenters.